The van der Waals surface area contributed by atoms with Crippen LogP contribution in [0.25, 0.3) is 0 Å². The van der Waals surface area contributed by atoms with E-state index >= 15 is 0 Å². The maximum atomic E-state index is 12.5. The maximum Gasteiger partial charge on any atom is 0.405 e. The lowest BCUT2D eigenvalue weighted by Gasteiger charge is -2.09. The van der Waals surface area contributed by atoms with Crippen molar-refractivity contribution in [3.8, 4) is 5.75 Å². The van der Waals surface area contributed by atoms with Gasteiger partial charge in [-0.25, -0.2) is 0 Å². The van der Waals surface area contributed by atoms with Gasteiger partial charge < -0.3 is 19.8 Å². The number of hydrogen-bond acceptors (Lipinski definition) is 4. The summed E-state index contributed by atoms with van der Waals surface area (Å²) in [7, 11) is 0. The highest BCUT2D eigenvalue weighted by Crippen LogP contribution is 2.18. The lowest BCUT2D eigenvalue weighted by molar-refractivity contribution is -0.123. The van der Waals surface area contributed by atoms with Crippen molar-refractivity contribution in [2.75, 3.05) is 11.9 Å². The number of benzene rings is 2. The Balaban J connectivity index is 1.59. The normalized spacial score (nSPS) is 11.0. The van der Waals surface area contributed by atoms with E-state index in [0.717, 1.165) is 0 Å². The Kier molecular flexibility index (Phi) is 6.41. The average Bonchev–Trinajstić information content (AvgIpc) is 3.20. The number of nitrogens with one attached hydrogen (secondary N) is 2. The van der Waals surface area contributed by atoms with Crippen molar-refractivity contribution in [3.05, 3.63) is 83.8 Å². The number of carbonyl (C=O) groups is 2. The number of hydrogen-bond donors (Lipinski definition) is 2. The van der Waals surface area contributed by atoms with Crippen molar-refractivity contribution in [2.24, 2.45) is 0 Å². The number of amides is 2. The van der Waals surface area contributed by atoms with Gasteiger partial charge in [0.15, 0.2) is 5.76 Å². The van der Waals surface area contributed by atoms with Gasteiger partial charge in [-0.2, -0.15) is 13.2 Å². The van der Waals surface area contributed by atoms with Crippen LogP contribution >= 0.6 is 0 Å². The molecule has 3 rings (SSSR count). The number of rotatable bonds is 7. The van der Waals surface area contributed by atoms with Gasteiger partial charge in [0.05, 0.1) is 6.26 Å². The van der Waals surface area contributed by atoms with Crippen molar-refractivity contribution in [1.29, 1.82) is 0 Å². The van der Waals surface area contributed by atoms with E-state index in [2.05, 4.69) is 5.32 Å². The molecular weight excluding hydrogens is 401 g/mol. The summed E-state index contributed by atoms with van der Waals surface area (Å²) < 4.78 is 47.4. The number of furan rings is 1. The van der Waals surface area contributed by atoms with Crippen LogP contribution < -0.4 is 15.4 Å². The molecule has 0 unspecified atom stereocenters. The Morgan fingerprint density at radius 3 is 2.30 bits per heavy atom. The van der Waals surface area contributed by atoms with Crippen molar-refractivity contribution in [1.82, 2.24) is 5.32 Å². The summed E-state index contributed by atoms with van der Waals surface area (Å²) in [6.45, 7) is -1.29. The predicted molar refractivity (Wildman–Crippen MR) is 102 cm³/mol. The third-order valence-corrected chi connectivity index (χ3v) is 3.94. The summed E-state index contributed by atoms with van der Waals surface area (Å²) in [5, 5.41) is 4.38. The first-order chi connectivity index (χ1) is 14.3. The highest BCUT2D eigenvalue weighted by atomic mass is 19.4. The van der Waals surface area contributed by atoms with E-state index in [1.165, 1.54) is 30.5 Å². The minimum atomic E-state index is -4.49. The predicted octanol–water partition coefficient (Wildman–Crippen LogP) is 4.40. The molecule has 3 aromatic rings. The number of alkyl halides is 3. The summed E-state index contributed by atoms with van der Waals surface area (Å²) in [4.78, 5) is 24.2. The standard InChI is InChI=1S/C21H17F3N2O4/c22-21(23,24)13-25-19(27)14-6-8-16(9-7-14)26-20(28)18-15(10-11-29-18)12-30-17-4-2-1-3-5-17/h1-11H,12-13H2,(H,25,27)(H,26,28). The van der Waals surface area contributed by atoms with Crippen LogP contribution in [0.4, 0.5) is 18.9 Å². The quantitative estimate of drug-likeness (QED) is 0.596. The van der Waals surface area contributed by atoms with E-state index in [9.17, 15) is 22.8 Å². The van der Waals surface area contributed by atoms with Gasteiger partial charge in [0, 0.05) is 16.8 Å². The molecule has 30 heavy (non-hydrogen) atoms. The molecule has 0 saturated carbocycles. The van der Waals surface area contributed by atoms with Gasteiger partial charge in [0.25, 0.3) is 11.8 Å². The highest BCUT2D eigenvalue weighted by molar-refractivity contribution is 6.03. The van der Waals surface area contributed by atoms with Crippen LogP contribution in [0.3, 0.4) is 0 Å². The fourth-order valence-corrected chi connectivity index (χ4v) is 2.50. The van der Waals surface area contributed by atoms with Gasteiger partial charge in [-0.15, -0.1) is 0 Å². The lowest BCUT2D eigenvalue weighted by atomic mass is 10.2. The van der Waals surface area contributed by atoms with Crippen LogP contribution in [0.15, 0.2) is 71.3 Å². The molecular formula is C21H17F3N2O4. The van der Waals surface area contributed by atoms with E-state index in [0.29, 0.717) is 17.0 Å². The third-order valence-electron chi connectivity index (χ3n) is 3.94. The van der Waals surface area contributed by atoms with Crippen molar-refractivity contribution < 1.29 is 31.9 Å². The van der Waals surface area contributed by atoms with Crippen LogP contribution in [-0.2, 0) is 6.61 Å². The molecule has 2 aromatic carbocycles. The summed E-state index contributed by atoms with van der Waals surface area (Å²) in [5.74, 6) is -0.681. The Hall–Kier alpha value is -3.75. The first kappa shape index (κ1) is 21.0. The van der Waals surface area contributed by atoms with Crippen molar-refractivity contribution in [2.45, 2.75) is 12.8 Å². The smallest absolute Gasteiger partial charge is 0.405 e. The fraction of sp³-hybridized carbons (Fsp3) is 0.143. The van der Waals surface area contributed by atoms with Gasteiger partial charge in [0.2, 0.25) is 0 Å². The van der Waals surface area contributed by atoms with Crippen LogP contribution in [0, 0.1) is 0 Å². The average molecular weight is 418 g/mol. The molecule has 0 aliphatic carbocycles. The van der Waals surface area contributed by atoms with Gasteiger partial charge in [-0.1, -0.05) is 18.2 Å². The minimum Gasteiger partial charge on any atom is -0.489 e. The van der Waals surface area contributed by atoms with E-state index in [1.54, 1.807) is 23.5 Å². The van der Waals surface area contributed by atoms with E-state index in [4.69, 9.17) is 9.15 Å². The number of anilines is 1. The second-order valence-electron chi connectivity index (χ2n) is 6.21. The molecule has 156 valence electrons. The molecule has 1 heterocycles. The third kappa shape index (κ3) is 5.87. The topological polar surface area (TPSA) is 80.6 Å². The second-order valence-corrected chi connectivity index (χ2v) is 6.21. The highest BCUT2D eigenvalue weighted by Gasteiger charge is 2.27. The molecule has 0 atom stereocenters. The van der Waals surface area contributed by atoms with Crippen LogP contribution in [0.5, 0.6) is 5.75 Å². The molecule has 9 heteroatoms. The second kappa shape index (κ2) is 9.17. The molecule has 0 aliphatic heterocycles. The van der Waals surface area contributed by atoms with Crippen LogP contribution in [-0.4, -0.2) is 24.5 Å². The van der Waals surface area contributed by atoms with E-state index in [1.807, 2.05) is 18.2 Å². The Morgan fingerprint density at radius 2 is 1.63 bits per heavy atom. The molecule has 0 aliphatic rings. The first-order valence-electron chi connectivity index (χ1n) is 8.82. The molecule has 0 spiro atoms. The zero-order chi connectivity index (χ0) is 21.6. The Bertz CT molecular complexity index is 999. The van der Waals surface area contributed by atoms with Crippen molar-refractivity contribution >= 4 is 17.5 Å². The first-order valence-corrected chi connectivity index (χ1v) is 8.82. The zero-order valence-corrected chi connectivity index (χ0v) is 15.5. The Labute approximate surface area is 169 Å². The van der Waals surface area contributed by atoms with Gasteiger partial charge in [0.1, 0.15) is 18.9 Å². The fourth-order valence-electron chi connectivity index (χ4n) is 2.50. The minimum absolute atomic E-state index is 0.0344. The zero-order valence-electron chi connectivity index (χ0n) is 15.5. The van der Waals surface area contributed by atoms with E-state index in [-0.39, 0.29) is 17.9 Å². The van der Waals surface area contributed by atoms with Gasteiger partial charge >= 0.3 is 6.18 Å². The molecule has 6 nitrogen and oxygen atoms in total. The molecule has 0 saturated heterocycles. The largest absolute Gasteiger partial charge is 0.489 e. The summed E-state index contributed by atoms with van der Waals surface area (Å²) in [5.41, 5.74) is 0.922. The monoisotopic (exact) mass is 418 g/mol. The lowest BCUT2D eigenvalue weighted by Crippen LogP contribution is -2.33. The van der Waals surface area contributed by atoms with E-state index < -0.39 is 24.5 Å². The number of halogens is 3. The van der Waals surface area contributed by atoms with Crippen LogP contribution in [0.1, 0.15) is 26.5 Å². The molecule has 0 fully saturated rings. The summed E-state index contributed by atoms with van der Waals surface area (Å²) in [6, 6.07) is 16.1. The SMILES string of the molecule is O=C(NCC(F)(F)F)c1ccc(NC(=O)c2occc2COc2ccccc2)cc1. The van der Waals surface area contributed by atoms with Crippen LogP contribution in [0.2, 0.25) is 0 Å². The van der Waals surface area contributed by atoms with Gasteiger partial charge in [-0.3, -0.25) is 9.59 Å². The number of carbonyl (C=O) groups excluding carboxylic acids is 2. The molecule has 2 N–H and O–H groups in total. The molecule has 2 amide bonds. The van der Waals surface area contributed by atoms with Gasteiger partial charge in [-0.05, 0) is 42.5 Å². The Morgan fingerprint density at radius 1 is 0.933 bits per heavy atom. The van der Waals surface area contributed by atoms with Crippen molar-refractivity contribution in [3.63, 3.8) is 0 Å². The summed E-state index contributed by atoms with van der Waals surface area (Å²) in [6.07, 6.45) is -3.12. The molecule has 1 aromatic heterocycles. The number of ether oxygens (including phenoxy) is 1. The molecule has 0 radical (unpaired) electrons. The molecule has 0 bridgehead atoms. The summed E-state index contributed by atoms with van der Waals surface area (Å²) >= 11 is 0. The number of para-hydroxylation sites is 1. The maximum absolute atomic E-state index is 12.5.